The summed E-state index contributed by atoms with van der Waals surface area (Å²) in [5, 5.41) is 0. The Morgan fingerprint density at radius 1 is 1.18 bits per heavy atom. The Kier molecular flexibility index (Phi) is 4.68. The third kappa shape index (κ3) is 3.36. The minimum atomic E-state index is -1.18. The molecule has 1 heterocycles. The fourth-order valence-corrected chi connectivity index (χ4v) is 3.53. The Bertz CT molecular complexity index is 438. The Balaban J connectivity index is 1.95. The molecule has 1 aliphatic heterocycles. The average Bonchev–Trinajstić information content (AvgIpc) is 2.74. The smallest absolute Gasteiger partial charge is 0.410 e. The van der Waals surface area contributed by atoms with E-state index < -0.39 is 29.1 Å². The highest BCUT2D eigenvalue weighted by Gasteiger charge is 2.53. The van der Waals surface area contributed by atoms with Gasteiger partial charge >= 0.3 is 12.1 Å². The predicted octanol–water partition coefficient (Wildman–Crippen LogP) is 2.92. The number of hydrogen-bond acceptors (Lipinski definition) is 4. The van der Waals surface area contributed by atoms with Crippen molar-refractivity contribution in [1.29, 1.82) is 0 Å². The zero-order valence-corrected chi connectivity index (χ0v) is 13.9. The summed E-state index contributed by atoms with van der Waals surface area (Å²) < 4.78 is 24.8. The van der Waals surface area contributed by atoms with Crippen molar-refractivity contribution in [3.8, 4) is 0 Å². The molecule has 5 nitrogen and oxygen atoms in total. The van der Waals surface area contributed by atoms with Crippen molar-refractivity contribution in [2.75, 3.05) is 20.2 Å². The van der Waals surface area contributed by atoms with Gasteiger partial charge in [-0.3, -0.25) is 4.79 Å². The summed E-state index contributed by atoms with van der Waals surface area (Å²) in [5.41, 5.74) is -1.02. The van der Waals surface area contributed by atoms with Crippen LogP contribution in [0.2, 0.25) is 0 Å². The minimum Gasteiger partial charge on any atom is -0.469 e. The lowest BCUT2D eigenvalue weighted by Crippen LogP contribution is -2.47. The summed E-state index contributed by atoms with van der Waals surface area (Å²) in [7, 11) is 1.30. The quantitative estimate of drug-likeness (QED) is 0.698. The molecule has 2 fully saturated rings. The second kappa shape index (κ2) is 6.05. The number of alkyl halides is 1. The van der Waals surface area contributed by atoms with Gasteiger partial charge in [-0.25, -0.2) is 9.18 Å². The van der Waals surface area contributed by atoms with E-state index in [2.05, 4.69) is 4.74 Å². The molecule has 2 rings (SSSR count). The number of halogens is 1. The molecule has 0 N–H and O–H groups in total. The van der Waals surface area contributed by atoms with Crippen molar-refractivity contribution in [2.24, 2.45) is 11.3 Å². The molecule has 126 valence electrons. The van der Waals surface area contributed by atoms with Gasteiger partial charge in [0.05, 0.1) is 13.0 Å². The van der Waals surface area contributed by atoms with Crippen LogP contribution in [0, 0.1) is 11.3 Å². The van der Waals surface area contributed by atoms with Crippen molar-refractivity contribution >= 4 is 12.1 Å². The van der Waals surface area contributed by atoms with Gasteiger partial charge in [0.2, 0.25) is 0 Å². The van der Waals surface area contributed by atoms with Gasteiger partial charge in [-0.05, 0) is 46.5 Å². The maximum absolute atomic E-state index is 14.7. The number of esters is 1. The van der Waals surface area contributed by atoms with Crippen LogP contribution < -0.4 is 0 Å². The van der Waals surface area contributed by atoms with E-state index >= 15 is 0 Å². The number of nitrogens with zero attached hydrogens (tertiary/aromatic N) is 1. The van der Waals surface area contributed by atoms with E-state index in [1.165, 1.54) is 7.11 Å². The number of amides is 1. The summed E-state index contributed by atoms with van der Waals surface area (Å²) in [6.45, 7) is 6.43. The topological polar surface area (TPSA) is 55.8 Å². The molecule has 0 bridgehead atoms. The number of carbonyl (C=O) groups is 2. The van der Waals surface area contributed by atoms with Gasteiger partial charge in [-0.15, -0.1) is 0 Å². The molecular weight excluding hydrogens is 289 g/mol. The summed E-state index contributed by atoms with van der Waals surface area (Å²) in [6.07, 6.45) is 0.819. The standard InChI is InChI=1S/C16H26FNO4/c1-15(2,3)22-14(20)18-9-7-16(8-10-18)6-5-11(12(16)17)13(19)21-4/h11-12H,5-10H2,1-4H3. The molecule has 1 spiro atoms. The molecule has 0 radical (unpaired) electrons. The lowest BCUT2D eigenvalue weighted by Gasteiger charge is -2.41. The van der Waals surface area contributed by atoms with Gasteiger partial charge in [-0.1, -0.05) is 0 Å². The molecule has 1 amide bonds. The second-order valence-electron chi connectivity index (χ2n) is 7.40. The maximum atomic E-state index is 14.7. The lowest BCUT2D eigenvalue weighted by atomic mass is 9.75. The van der Waals surface area contributed by atoms with Crippen LogP contribution in [-0.4, -0.2) is 48.9 Å². The average molecular weight is 315 g/mol. The molecule has 0 aromatic rings. The van der Waals surface area contributed by atoms with Gasteiger partial charge in [-0.2, -0.15) is 0 Å². The highest BCUT2D eigenvalue weighted by molar-refractivity contribution is 5.73. The molecular formula is C16H26FNO4. The number of piperidine rings is 1. The first-order valence-corrected chi connectivity index (χ1v) is 7.88. The van der Waals surface area contributed by atoms with Crippen molar-refractivity contribution in [2.45, 2.75) is 58.2 Å². The van der Waals surface area contributed by atoms with Crippen LogP contribution >= 0.6 is 0 Å². The van der Waals surface area contributed by atoms with Crippen LogP contribution in [0.1, 0.15) is 46.5 Å². The summed E-state index contributed by atoms with van der Waals surface area (Å²) >= 11 is 0. The highest BCUT2D eigenvalue weighted by Crippen LogP contribution is 2.51. The maximum Gasteiger partial charge on any atom is 0.410 e. The van der Waals surface area contributed by atoms with E-state index in [0.29, 0.717) is 38.8 Å². The minimum absolute atomic E-state index is 0.347. The fourth-order valence-electron chi connectivity index (χ4n) is 3.53. The molecule has 1 aliphatic carbocycles. The number of likely N-dealkylation sites (tertiary alicyclic amines) is 1. The number of hydrogen-bond donors (Lipinski definition) is 0. The van der Waals surface area contributed by atoms with Gasteiger partial charge in [0.15, 0.2) is 0 Å². The molecule has 1 saturated carbocycles. The van der Waals surface area contributed by atoms with E-state index in [-0.39, 0.29) is 6.09 Å². The van der Waals surface area contributed by atoms with Gasteiger partial charge in [0.25, 0.3) is 0 Å². The molecule has 22 heavy (non-hydrogen) atoms. The molecule has 2 aliphatic rings. The Morgan fingerprint density at radius 2 is 1.77 bits per heavy atom. The number of carbonyl (C=O) groups excluding carboxylic acids is 2. The number of ether oxygens (including phenoxy) is 2. The normalized spacial score (nSPS) is 27.8. The van der Waals surface area contributed by atoms with E-state index in [0.717, 1.165) is 0 Å². The molecule has 2 unspecified atom stereocenters. The highest BCUT2D eigenvalue weighted by atomic mass is 19.1. The van der Waals surface area contributed by atoms with Gasteiger partial charge in [0.1, 0.15) is 11.8 Å². The van der Waals surface area contributed by atoms with E-state index in [1.807, 2.05) is 20.8 Å². The molecule has 0 aromatic heterocycles. The summed E-state index contributed by atoms with van der Waals surface area (Å²) in [6, 6.07) is 0. The van der Waals surface area contributed by atoms with Gasteiger partial charge < -0.3 is 14.4 Å². The van der Waals surface area contributed by atoms with Crippen molar-refractivity contribution in [3.63, 3.8) is 0 Å². The lowest BCUT2D eigenvalue weighted by molar-refractivity contribution is -0.148. The number of rotatable bonds is 1. The Labute approximate surface area is 131 Å². The van der Waals surface area contributed by atoms with E-state index in [1.54, 1.807) is 4.90 Å². The largest absolute Gasteiger partial charge is 0.469 e. The van der Waals surface area contributed by atoms with Crippen LogP contribution in [0.4, 0.5) is 9.18 Å². The van der Waals surface area contributed by atoms with Crippen molar-refractivity contribution in [3.05, 3.63) is 0 Å². The van der Waals surface area contributed by atoms with Crippen molar-refractivity contribution < 1.29 is 23.5 Å². The second-order valence-corrected chi connectivity index (χ2v) is 7.40. The molecule has 1 saturated heterocycles. The third-order valence-electron chi connectivity index (χ3n) is 4.81. The first-order chi connectivity index (χ1) is 10.2. The van der Waals surface area contributed by atoms with Crippen LogP contribution in [0.25, 0.3) is 0 Å². The zero-order valence-electron chi connectivity index (χ0n) is 13.9. The van der Waals surface area contributed by atoms with E-state index in [4.69, 9.17) is 4.74 Å². The predicted molar refractivity (Wildman–Crippen MR) is 79.1 cm³/mol. The Morgan fingerprint density at radius 3 is 2.27 bits per heavy atom. The zero-order chi connectivity index (χ0) is 16.5. The van der Waals surface area contributed by atoms with Gasteiger partial charge in [0, 0.05) is 18.5 Å². The molecule has 6 heteroatoms. The monoisotopic (exact) mass is 315 g/mol. The van der Waals surface area contributed by atoms with Crippen LogP contribution in [0.3, 0.4) is 0 Å². The van der Waals surface area contributed by atoms with Crippen LogP contribution in [0.15, 0.2) is 0 Å². The first-order valence-electron chi connectivity index (χ1n) is 7.88. The summed E-state index contributed by atoms with van der Waals surface area (Å²) in [5.74, 6) is -1.11. The van der Waals surface area contributed by atoms with Crippen LogP contribution in [-0.2, 0) is 14.3 Å². The summed E-state index contributed by atoms with van der Waals surface area (Å²) in [4.78, 5) is 25.3. The molecule has 2 atom stereocenters. The first kappa shape index (κ1) is 17.0. The third-order valence-corrected chi connectivity index (χ3v) is 4.81. The van der Waals surface area contributed by atoms with Crippen molar-refractivity contribution in [1.82, 2.24) is 4.90 Å². The molecule has 0 aromatic carbocycles. The Hall–Kier alpha value is -1.33. The fraction of sp³-hybridized carbons (Fsp3) is 0.875. The van der Waals surface area contributed by atoms with Crippen LogP contribution in [0.5, 0.6) is 0 Å². The SMILES string of the molecule is COC(=O)C1CCC2(CCN(C(=O)OC(C)(C)C)CC2)C1F. The van der Waals surface area contributed by atoms with E-state index in [9.17, 15) is 14.0 Å². The number of methoxy groups -OCH3 is 1.